The van der Waals surface area contributed by atoms with E-state index in [1.807, 2.05) is 20.1 Å². The predicted molar refractivity (Wildman–Crippen MR) is 146 cm³/mol. The number of nitrogens with zero attached hydrogens (tertiary/aromatic N) is 2. The molecule has 0 aliphatic carbocycles. The zero-order chi connectivity index (χ0) is 25.4. The van der Waals surface area contributed by atoms with Crippen LogP contribution in [0.2, 0.25) is 0 Å². The van der Waals surface area contributed by atoms with Crippen molar-refractivity contribution in [1.29, 1.82) is 0 Å². The molecule has 2 aromatic carbocycles. The first-order valence-electron chi connectivity index (χ1n) is 12.3. The Morgan fingerprint density at radius 2 is 1.83 bits per heavy atom. The number of amides is 2. The molecule has 1 aliphatic heterocycles. The highest BCUT2D eigenvalue weighted by Gasteiger charge is 2.28. The van der Waals surface area contributed by atoms with Crippen LogP contribution < -0.4 is 10.6 Å². The summed E-state index contributed by atoms with van der Waals surface area (Å²) in [6.07, 6.45) is 9.47. The highest BCUT2D eigenvalue weighted by Crippen LogP contribution is 2.31. The van der Waals surface area contributed by atoms with Crippen LogP contribution in [0.5, 0.6) is 0 Å². The van der Waals surface area contributed by atoms with E-state index in [4.69, 9.17) is 6.42 Å². The highest BCUT2D eigenvalue weighted by atomic mass is 32.2. The van der Waals surface area contributed by atoms with Crippen LogP contribution in [0.1, 0.15) is 45.2 Å². The summed E-state index contributed by atoms with van der Waals surface area (Å²) in [5, 5.41) is 8.11. The van der Waals surface area contributed by atoms with Gasteiger partial charge in [-0.15, -0.1) is 6.42 Å². The summed E-state index contributed by atoms with van der Waals surface area (Å²) in [5.41, 5.74) is 0.960. The topological polar surface area (TPSA) is 64.7 Å². The number of fused-ring (bicyclic) bond motifs is 1. The SMILES string of the molecule is C#CC(C)(C)CNC(=O)CNC(=O)CN(SC)C1CCN(C(C)c2cccc3ccccc23)CC1. The largest absolute Gasteiger partial charge is 0.353 e. The molecule has 2 amide bonds. The number of hydrogen-bond donors (Lipinski definition) is 2. The van der Waals surface area contributed by atoms with Gasteiger partial charge in [0.25, 0.3) is 0 Å². The second kappa shape index (κ2) is 12.4. The summed E-state index contributed by atoms with van der Waals surface area (Å²) in [6, 6.07) is 15.8. The standard InChI is InChI=1S/C28H38N4O2S/c1-6-28(3,4)20-30-26(33)18-29-27(34)19-32(35-5)23-14-16-31(17-15-23)21(2)24-13-9-11-22-10-7-8-12-25(22)24/h1,7-13,21,23H,14-20H2,2-5H3,(H,29,34)(H,30,33). The molecular formula is C28H38N4O2S. The second-order valence-corrected chi connectivity index (χ2v) is 10.7. The molecule has 1 heterocycles. The average molecular weight is 495 g/mol. The molecule has 0 saturated carbocycles. The molecule has 1 unspecified atom stereocenters. The molecule has 1 atom stereocenters. The molecule has 1 aliphatic rings. The van der Waals surface area contributed by atoms with Crippen LogP contribution in [0.4, 0.5) is 0 Å². The van der Waals surface area contributed by atoms with E-state index < -0.39 is 5.41 Å². The quantitative estimate of drug-likeness (QED) is 0.388. The first kappa shape index (κ1) is 27.1. The molecule has 6 nitrogen and oxygen atoms in total. The Hall–Kier alpha value is -2.53. The van der Waals surface area contributed by atoms with E-state index in [-0.39, 0.29) is 24.9 Å². The number of carbonyl (C=O) groups is 2. The van der Waals surface area contributed by atoms with Gasteiger partial charge in [-0.3, -0.25) is 14.5 Å². The second-order valence-electron chi connectivity index (χ2n) is 9.85. The summed E-state index contributed by atoms with van der Waals surface area (Å²) in [5.74, 6) is 2.27. The van der Waals surface area contributed by atoms with Crippen LogP contribution in [-0.4, -0.2) is 66.0 Å². The summed E-state index contributed by atoms with van der Waals surface area (Å²) >= 11 is 1.59. The number of carbonyl (C=O) groups excluding carboxylic acids is 2. The number of piperidine rings is 1. The molecule has 0 aromatic heterocycles. The summed E-state index contributed by atoms with van der Waals surface area (Å²) in [6.45, 7) is 8.65. The molecule has 188 valence electrons. The minimum Gasteiger partial charge on any atom is -0.353 e. The third-order valence-corrected chi connectivity index (χ3v) is 7.72. The van der Waals surface area contributed by atoms with Crippen LogP contribution in [0.25, 0.3) is 10.8 Å². The van der Waals surface area contributed by atoms with E-state index in [0.717, 1.165) is 25.9 Å². The molecule has 1 fully saturated rings. The van der Waals surface area contributed by atoms with Gasteiger partial charge in [0, 0.05) is 37.1 Å². The smallest absolute Gasteiger partial charge is 0.239 e. The normalized spacial score (nSPS) is 16.1. The van der Waals surface area contributed by atoms with Gasteiger partial charge >= 0.3 is 0 Å². The maximum atomic E-state index is 12.5. The van der Waals surface area contributed by atoms with Crippen molar-refractivity contribution in [3.8, 4) is 12.3 Å². The number of benzene rings is 2. The van der Waals surface area contributed by atoms with Gasteiger partial charge in [-0.2, -0.15) is 0 Å². The molecule has 1 saturated heterocycles. The first-order chi connectivity index (χ1) is 16.7. The summed E-state index contributed by atoms with van der Waals surface area (Å²) in [4.78, 5) is 27.1. The van der Waals surface area contributed by atoms with Gasteiger partial charge in [-0.25, -0.2) is 4.31 Å². The molecule has 2 N–H and O–H groups in total. The maximum absolute atomic E-state index is 12.5. The number of hydrogen-bond acceptors (Lipinski definition) is 5. The van der Waals surface area contributed by atoms with E-state index in [9.17, 15) is 9.59 Å². The van der Waals surface area contributed by atoms with Gasteiger partial charge in [0.1, 0.15) is 0 Å². The minimum absolute atomic E-state index is 0.0390. The molecule has 0 spiro atoms. The Balaban J connectivity index is 1.47. The zero-order valence-corrected chi connectivity index (χ0v) is 22.2. The van der Waals surface area contributed by atoms with Gasteiger partial charge in [-0.05, 0) is 56.2 Å². The van der Waals surface area contributed by atoms with Gasteiger partial charge in [-0.1, -0.05) is 60.3 Å². The first-order valence-corrected chi connectivity index (χ1v) is 13.5. The van der Waals surface area contributed by atoms with Crippen LogP contribution in [0.15, 0.2) is 42.5 Å². The van der Waals surface area contributed by atoms with Crippen molar-refractivity contribution in [3.05, 3.63) is 48.0 Å². The van der Waals surface area contributed by atoms with Gasteiger partial charge in [0.05, 0.1) is 13.1 Å². The Kier molecular flexibility index (Phi) is 9.62. The number of likely N-dealkylation sites (tertiary alicyclic amines) is 1. The van der Waals surface area contributed by atoms with Gasteiger partial charge in [0.15, 0.2) is 0 Å². The molecule has 7 heteroatoms. The van der Waals surface area contributed by atoms with E-state index in [1.165, 1.54) is 16.3 Å². The van der Waals surface area contributed by atoms with Crippen molar-refractivity contribution in [2.45, 2.75) is 45.7 Å². The fourth-order valence-electron chi connectivity index (χ4n) is 4.52. The Bertz CT molecular complexity index is 1050. The number of terminal acetylenes is 1. The predicted octanol–water partition coefficient (Wildman–Crippen LogP) is 3.84. The lowest BCUT2D eigenvalue weighted by Crippen LogP contribution is -2.47. The minimum atomic E-state index is -0.407. The summed E-state index contributed by atoms with van der Waals surface area (Å²) in [7, 11) is 0. The van der Waals surface area contributed by atoms with Gasteiger partial charge < -0.3 is 10.6 Å². The third-order valence-electron chi connectivity index (χ3n) is 6.83. The van der Waals surface area contributed by atoms with E-state index >= 15 is 0 Å². The lowest BCUT2D eigenvalue weighted by molar-refractivity contribution is -0.126. The molecule has 35 heavy (non-hydrogen) atoms. The number of rotatable bonds is 10. The number of nitrogens with one attached hydrogen (secondary N) is 2. The Labute approximate surface area is 214 Å². The molecule has 2 aromatic rings. The van der Waals surface area contributed by atoms with Crippen LogP contribution in [-0.2, 0) is 9.59 Å². The van der Waals surface area contributed by atoms with Crippen molar-refractivity contribution in [3.63, 3.8) is 0 Å². The van der Waals surface area contributed by atoms with Crippen molar-refractivity contribution < 1.29 is 9.59 Å². The fourth-order valence-corrected chi connectivity index (χ4v) is 5.28. The van der Waals surface area contributed by atoms with Crippen molar-refractivity contribution in [2.24, 2.45) is 5.41 Å². The van der Waals surface area contributed by atoms with E-state index in [1.54, 1.807) is 11.9 Å². The van der Waals surface area contributed by atoms with Crippen molar-refractivity contribution >= 4 is 34.5 Å². The fraction of sp³-hybridized carbons (Fsp3) is 0.500. The maximum Gasteiger partial charge on any atom is 0.239 e. The van der Waals surface area contributed by atoms with E-state index in [2.05, 4.69) is 75.1 Å². The third kappa shape index (κ3) is 7.47. The zero-order valence-electron chi connectivity index (χ0n) is 21.3. The Morgan fingerprint density at radius 1 is 1.14 bits per heavy atom. The van der Waals surface area contributed by atoms with Crippen LogP contribution >= 0.6 is 11.9 Å². The lowest BCUT2D eigenvalue weighted by atomic mass is 9.95. The van der Waals surface area contributed by atoms with Crippen LogP contribution in [0.3, 0.4) is 0 Å². The molecular weight excluding hydrogens is 456 g/mol. The summed E-state index contributed by atoms with van der Waals surface area (Å²) < 4.78 is 2.15. The molecule has 3 rings (SSSR count). The molecule has 0 radical (unpaired) electrons. The van der Waals surface area contributed by atoms with Gasteiger partial charge in [0.2, 0.25) is 11.8 Å². The van der Waals surface area contributed by atoms with Crippen LogP contribution in [0, 0.1) is 17.8 Å². The van der Waals surface area contributed by atoms with E-state index in [0.29, 0.717) is 18.6 Å². The lowest BCUT2D eigenvalue weighted by Gasteiger charge is -2.40. The monoisotopic (exact) mass is 494 g/mol. The highest BCUT2D eigenvalue weighted by molar-refractivity contribution is 7.96. The molecule has 0 bridgehead atoms. The van der Waals surface area contributed by atoms with Crippen molar-refractivity contribution in [2.75, 3.05) is 39.0 Å². The Morgan fingerprint density at radius 3 is 2.51 bits per heavy atom. The van der Waals surface area contributed by atoms with Crippen molar-refractivity contribution in [1.82, 2.24) is 19.8 Å². The average Bonchev–Trinajstić information content (AvgIpc) is 2.88.